The summed E-state index contributed by atoms with van der Waals surface area (Å²) in [6.45, 7) is 0. The second-order valence-corrected chi connectivity index (χ2v) is 13.9. The molecule has 0 aliphatic heterocycles. The van der Waals surface area contributed by atoms with Gasteiger partial charge in [0.2, 0.25) is 0 Å². The van der Waals surface area contributed by atoms with Crippen LogP contribution in [-0.4, -0.2) is 0 Å². The predicted octanol–water partition coefficient (Wildman–Crippen LogP) is 14.9. The van der Waals surface area contributed by atoms with Crippen LogP contribution in [0.3, 0.4) is 0 Å². The van der Waals surface area contributed by atoms with Crippen LogP contribution < -0.4 is 0 Å². The summed E-state index contributed by atoms with van der Waals surface area (Å²) in [6.07, 6.45) is 0. The summed E-state index contributed by atoms with van der Waals surface area (Å²) in [6, 6.07) is 70.4. The molecule has 1 nitrogen and oxygen atoms in total. The van der Waals surface area contributed by atoms with Crippen LogP contribution in [0.4, 0.5) is 0 Å². The zero-order valence-electron chi connectivity index (χ0n) is 28.9. The average molecular weight is 673 g/mol. The van der Waals surface area contributed by atoms with E-state index in [9.17, 15) is 0 Å². The van der Waals surface area contributed by atoms with Crippen molar-refractivity contribution in [3.8, 4) is 44.5 Å². The molecule has 11 rings (SSSR count). The number of benzene rings is 10. The number of para-hydroxylation sites is 1. The molecule has 53 heavy (non-hydrogen) atoms. The largest absolute Gasteiger partial charge is 0.455 e. The van der Waals surface area contributed by atoms with Crippen LogP contribution in [0.2, 0.25) is 0 Å². The van der Waals surface area contributed by atoms with E-state index in [1.165, 1.54) is 76.5 Å². The third-order valence-electron chi connectivity index (χ3n) is 11.1. The Hall–Kier alpha value is -6.96. The molecule has 0 spiro atoms. The van der Waals surface area contributed by atoms with Gasteiger partial charge in [0.15, 0.2) is 0 Å². The van der Waals surface area contributed by atoms with Crippen LogP contribution in [0.5, 0.6) is 0 Å². The van der Waals surface area contributed by atoms with Crippen molar-refractivity contribution >= 4 is 65.0 Å². The molecule has 0 aliphatic rings. The first-order chi connectivity index (χ1) is 26.3. The summed E-state index contributed by atoms with van der Waals surface area (Å²) in [7, 11) is 0. The topological polar surface area (TPSA) is 13.1 Å². The van der Waals surface area contributed by atoms with Crippen molar-refractivity contribution < 1.29 is 4.42 Å². The van der Waals surface area contributed by atoms with E-state index >= 15 is 0 Å². The monoisotopic (exact) mass is 672 g/mol. The van der Waals surface area contributed by atoms with E-state index in [1.54, 1.807) is 0 Å². The number of hydrogen-bond donors (Lipinski definition) is 0. The van der Waals surface area contributed by atoms with Gasteiger partial charge < -0.3 is 4.42 Å². The van der Waals surface area contributed by atoms with Crippen LogP contribution >= 0.6 is 0 Å². The molecule has 1 aromatic heterocycles. The molecule has 1 heterocycles. The molecule has 0 N–H and O–H groups in total. The van der Waals surface area contributed by atoms with Crippen molar-refractivity contribution in [1.29, 1.82) is 0 Å². The van der Waals surface area contributed by atoms with E-state index in [4.69, 9.17) is 4.42 Å². The molecule has 0 saturated carbocycles. The van der Waals surface area contributed by atoms with E-state index in [0.717, 1.165) is 33.1 Å². The van der Waals surface area contributed by atoms with Crippen molar-refractivity contribution in [2.75, 3.05) is 0 Å². The molecule has 0 fully saturated rings. The molecule has 0 atom stereocenters. The maximum atomic E-state index is 6.71. The van der Waals surface area contributed by atoms with Gasteiger partial charge in [0.05, 0.1) is 0 Å². The number of fused-ring (bicyclic) bond motifs is 8. The standard InChI is InChI=1S/C52H32O/c1-2-15-33(16-3-1)36-31-32-46(51-47-25-12-13-28-48(47)53-52(36)51)38-19-6-7-20-40(38)49-42-21-8-10-23-44(42)50(45-24-11-9-22-43(45)49)41-27-14-26-37-35-18-5-4-17-34(35)29-30-39(37)41/h1-32H. The molecular formula is C52H32O. The summed E-state index contributed by atoms with van der Waals surface area (Å²) in [4.78, 5) is 0. The third kappa shape index (κ3) is 4.51. The molecular weight excluding hydrogens is 641 g/mol. The molecule has 1 heteroatoms. The van der Waals surface area contributed by atoms with Crippen molar-refractivity contribution in [3.63, 3.8) is 0 Å². The maximum Gasteiger partial charge on any atom is 0.143 e. The maximum absolute atomic E-state index is 6.71. The number of rotatable bonds is 4. The Bertz CT molecular complexity index is 3160. The van der Waals surface area contributed by atoms with Gasteiger partial charge in [-0.25, -0.2) is 0 Å². The minimum Gasteiger partial charge on any atom is -0.455 e. The highest BCUT2D eigenvalue weighted by atomic mass is 16.3. The fourth-order valence-corrected chi connectivity index (χ4v) is 8.80. The summed E-state index contributed by atoms with van der Waals surface area (Å²) in [5, 5.41) is 12.3. The van der Waals surface area contributed by atoms with E-state index in [0.29, 0.717) is 0 Å². The lowest BCUT2D eigenvalue weighted by atomic mass is 9.82. The van der Waals surface area contributed by atoms with Crippen molar-refractivity contribution in [3.05, 3.63) is 194 Å². The Kier molecular flexibility index (Phi) is 6.62. The lowest BCUT2D eigenvalue weighted by molar-refractivity contribution is 0.670. The lowest BCUT2D eigenvalue weighted by Crippen LogP contribution is -1.94. The van der Waals surface area contributed by atoms with Crippen molar-refractivity contribution in [2.45, 2.75) is 0 Å². The van der Waals surface area contributed by atoms with Gasteiger partial charge in [-0.1, -0.05) is 182 Å². The SMILES string of the molecule is c1ccc(-c2ccc(-c3ccccc3-c3c4ccccc4c(-c4cccc5c4ccc4ccccc45)c4ccccc34)c3c2oc2ccccc23)cc1. The Morgan fingerprint density at radius 3 is 1.53 bits per heavy atom. The number of furan rings is 1. The first-order valence-electron chi connectivity index (χ1n) is 18.3. The van der Waals surface area contributed by atoms with Gasteiger partial charge in [-0.15, -0.1) is 0 Å². The third-order valence-corrected chi connectivity index (χ3v) is 11.1. The quantitative estimate of drug-likeness (QED) is 0.134. The van der Waals surface area contributed by atoms with E-state index in [2.05, 4.69) is 194 Å². The van der Waals surface area contributed by atoms with Crippen LogP contribution in [0.25, 0.3) is 110 Å². The molecule has 0 radical (unpaired) electrons. The van der Waals surface area contributed by atoms with E-state index in [-0.39, 0.29) is 0 Å². The summed E-state index contributed by atoms with van der Waals surface area (Å²) in [5.41, 5.74) is 11.4. The molecule has 0 saturated heterocycles. The Labute approximate surface area is 307 Å². The number of hydrogen-bond acceptors (Lipinski definition) is 1. The molecule has 0 amide bonds. The van der Waals surface area contributed by atoms with Crippen LogP contribution in [0.1, 0.15) is 0 Å². The van der Waals surface area contributed by atoms with Crippen LogP contribution in [0.15, 0.2) is 199 Å². The van der Waals surface area contributed by atoms with Gasteiger partial charge >= 0.3 is 0 Å². The van der Waals surface area contributed by atoms with E-state index in [1.807, 2.05) is 0 Å². The van der Waals surface area contributed by atoms with Gasteiger partial charge in [-0.2, -0.15) is 0 Å². The summed E-state index contributed by atoms with van der Waals surface area (Å²) >= 11 is 0. The Balaban J connectivity index is 1.23. The minimum absolute atomic E-state index is 0.896. The highest BCUT2D eigenvalue weighted by molar-refractivity contribution is 6.26. The van der Waals surface area contributed by atoms with Crippen molar-refractivity contribution in [2.24, 2.45) is 0 Å². The molecule has 0 unspecified atom stereocenters. The minimum atomic E-state index is 0.896. The smallest absolute Gasteiger partial charge is 0.143 e. The predicted molar refractivity (Wildman–Crippen MR) is 225 cm³/mol. The molecule has 0 aliphatic carbocycles. The van der Waals surface area contributed by atoms with Gasteiger partial charge in [-0.05, 0) is 94.2 Å². The normalized spacial score (nSPS) is 11.8. The zero-order chi connectivity index (χ0) is 34.9. The zero-order valence-corrected chi connectivity index (χ0v) is 28.9. The Morgan fingerprint density at radius 1 is 0.264 bits per heavy atom. The van der Waals surface area contributed by atoms with Gasteiger partial charge in [-0.3, -0.25) is 0 Å². The average Bonchev–Trinajstić information content (AvgIpc) is 3.62. The molecule has 0 bridgehead atoms. The molecule has 246 valence electrons. The second kappa shape index (κ2) is 11.8. The van der Waals surface area contributed by atoms with Gasteiger partial charge in [0.25, 0.3) is 0 Å². The Morgan fingerprint density at radius 2 is 0.792 bits per heavy atom. The molecule has 11 aromatic rings. The van der Waals surface area contributed by atoms with Crippen LogP contribution in [0, 0.1) is 0 Å². The van der Waals surface area contributed by atoms with E-state index < -0.39 is 0 Å². The highest BCUT2D eigenvalue weighted by Crippen LogP contribution is 2.49. The van der Waals surface area contributed by atoms with Crippen LogP contribution in [-0.2, 0) is 0 Å². The first-order valence-corrected chi connectivity index (χ1v) is 18.3. The first kappa shape index (κ1) is 29.7. The van der Waals surface area contributed by atoms with Gasteiger partial charge in [0, 0.05) is 16.3 Å². The molecule has 10 aromatic carbocycles. The van der Waals surface area contributed by atoms with Gasteiger partial charge in [0.1, 0.15) is 11.2 Å². The fourth-order valence-electron chi connectivity index (χ4n) is 8.80. The summed E-state index contributed by atoms with van der Waals surface area (Å²) < 4.78 is 6.71. The lowest BCUT2D eigenvalue weighted by Gasteiger charge is -2.21. The van der Waals surface area contributed by atoms with Crippen molar-refractivity contribution in [1.82, 2.24) is 0 Å². The second-order valence-electron chi connectivity index (χ2n) is 13.9. The highest BCUT2D eigenvalue weighted by Gasteiger charge is 2.23. The summed E-state index contributed by atoms with van der Waals surface area (Å²) in [5.74, 6) is 0. The fraction of sp³-hybridized carbons (Fsp3) is 0.